The van der Waals surface area contributed by atoms with Crippen LogP contribution in [-0.2, 0) is 4.65 Å². The molecular formula is C14H27BOSi. The molecule has 17 heavy (non-hydrogen) atoms. The SMILES string of the molecule is COB1CC2C=C(CC[Si](C)(C)C)CC(C1)C2. The van der Waals surface area contributed by atoms with Crippen molar-refractivity contribution in [1.29, 1.82) is 0 Å². The first-order valence-electron chi connectivity index (χ1n) is 7.18. The lowest BCUT2D eigenvalue weighted by atomic mass is 9.48. The molecule has 1 aliphatic carbocycles. The van der Waals surface area contributed by atoms with Gasteiger partial charge < -0.3 is 4.65 Å². The second-order valence-corrected chi connectivity index (χ2v) is 12.9. The van der Waals surface area contributed by atoms with Gasteiger partial charge in [0.1, 0.15) is 0 Å². The van der Waals surface area contributed by atoms with E-state index in [0.717, 1.165) is 11.8 Å². The van der Waals surface area contributed by atoms with E-state index < -0.39 is 8.07 Å². The summed E-state index contributed by atoms with van der Waals surface area (Å²) in [7, 11) is 1.01. The summed E-state index contributed by atoms with van der Waals surface area (Å²) in [5, 5.41) is 0. The van der Waals surface area contributed by atoms with Crippen LogP contribution in [0, 0.1) is 11.8 Å². The third kappa shape index (κ3) is 3.99. The van der Waals surface area contributed by atoms with E-state index in [2.05, 4.69) is 25.7 Å². The smallest absolute Gasteiger partial charge is 0.293 e. The summed E-state index contributed by atoms with van der Waals surface area (Å²) in [5.74, 6) is 1.74. The fourth-order valence-electron chi connectivity index (χ4n) is 3.41. The number of hydrogen-bond acceptors (Lipinski definition) is 1. The number of allylic oxidation sites excluding steroid dienone is 2. The molecule has 2 bridgehead atoms. The highest BCUT2D eigenvalue weighted by Crippen LogP contribution is 2.41. The van der Waals surface area contributed by atoms with Crippen LogP contribution in [0.3, 0.4) is 0 Å². The standard InChI is InChI=1S/C14H27BOSi/c1-16-15-10-13-7-12(5-6-17(2,3)4)8-14(9-13)11-15/h7,13-14H,5-6,8-11H2,1-4H3. The van der Waals surface area contributed by atoms with Crippen molar-refractivity contribution in [2.45, 2.75) is 57.6 Å². The van der Waals surface area contributed by atoms with Crippen molar-refractivity contribution in [3.05, 3.63) is 11.6 Å². The Morgan fingerprint density at radius 3 is 2.71 bits per heavy atom. The summed E-state index contributed by atoms with van der Waals surface area (Å²) in [5.41, 5.74) is 1.77. The Morgan fingerprint density at radius 2 is 2.12 bits per heavy atom. The molecule has 2 aliphatic rings. The fourth-order valence-corrected chi connectivity index (χ4v) is 4.49. The monoisotopic (exact) mass is 250 g/mol. The van der Waals surface area contributed by atoms with Crippen molar-refractivity contribution >= 4 is 15.0 Å². The molecule has 2 unspecified atom stereocenters. The van der Waals surface area contributed by atoms with Gasteiger partial charge in [0.25, 0.3) is 6.92 Å². The maximum absolute atomic E-state index is 5.55. The molecule has 1 heterocycles. The Kier molecular flexibility index (Phi) is 4.19. The molecule has 3 heteroatoms. The molecule has 1 aliphatic heterocycles. The van der Waals surface area contributed by atoms with Gasteiger partial charge in [-0.1, -0.05) is 37.3 Å². The second kappa shape index (κ2) is 5.31. The van der Waals surface area contributed by atoms with Crippen molar-refractivity contribution in [3.8, 4) is 0 Å². The molecule has 1 saturated heterocycles. The van der Waals surface area contributed by atoms with Gasteiger partial charge in [0.15, 0.2) is 0 Å². The van der Waals surface area contributed by atoms with E-state index in [4.69, 9.17) is 4.65 Å². The minimum atomic E-state index is -0.863. The first-order chi connectivity index (χ1) is 7.96. The Balaban J connectivity index is 1.91. The predicted octanol–water partition coefficient (Wildman–Crippen LogP) is 4.32. The summed E-state index contributed by atoms with van der Waals surface area (Å²) in [6.07, 6.45) is 9.33. The van der Waals surface area contributed by atoms with E-state index in [1.165, 1.54) is 37.9 Å². The van der Waals surface area contributed by atoms with Crippen molar-refractivity contribution in [2.75, 3.05) is 7.11 Å². The topological polar surface area (TPSA) is 9.23 Å². The van der Waals surface area contributed by atoms with Crippen LogP contribution in [0.1, 0.15) is 19.3 Å². The maximum Gasteiger partial charge on any atom is 0.293 e. The van der Waals surface area contributed by atoms with E-state index >= 15 is 0 Å². The van der Waals surface area contributed by atoms with Gasteiger partial charge in [-0.2, -0.15) is 0 Å². The zero-order valence-electron chi connectivity index (χ0n) is 12.0. The Bertz CT molecular complexity index is 295. The van der Waals surface area contributed by atoms with Gasteiger partial charge in [-0.05, 0) is 43.7 Å². The third-order valence-electron chi connectivity index (χ3n) is 4.35. The lowest BCUT2D eigenvalue weighted by Gasteiger charge is -2.36. The Hall–Kier alpha value is -0.0182. The number of hydrogen-bond donors (Lipinski definition) is 0. The highest BCUT2D eigenvalue weighted by atomic mass is 28.3. The summed E-state index contributed by atoms with van der Waals surface area (Å²) < 4.78 is 5.55. The summed E-state index contributed by atoms with van der Waals surface area (Å²) in [4.78, 5) is 0. The molecule has 0 spiro atoms. The second-order valence-electron chi connectivity index (χ2n) is 7.28. The van der Waals surface area contributed by atoms with E-state index in [-0.39, 0.29) is 0 Å². The van der Waals surface area contributed by atoms with Crippen LogP contribution < -0.4 is 0 Å². The molecule has 0 radical (unpaired) electrons. The predicted molar refractivity (Wildman–Crippen MR) is 79.4 cm³/mol. The van der Waals surface area contributed by atoms with Crippen molar-refractivity contribution in [2.24, 2.45) is 11.8 Å². The van der Waals surface area contributed by atoms with Gasteiger partial charge in [-0.15, -0.1) is 0 Å². The van der Waals surface area contributed by atoms with Gasteiger partial charge in [0.05, 0.1) is 0 Å². The van der Waals surface area contributed by atoms with Gasteiger partial charge in [0.2, 0.25) is 0 Å². The minimum Gasteiger partial charge on any atom is -0.438 e. The van der Waals surface area contributed by atoms with E-state index in [1.807, 2.05) is 7.11 Å². The zero-order valence-corrected chi connectivity index (χ0v) is 13.0. The van der Waals surface area contributed by atoms with Crippen molar-refractivity contribution in [3.63, 3.8) is 0 Å². The summed E-state index contributed by atoms with van der Waals surface area (Å²) >= 11 is 0. The molecule has 0 N–H and O–H groups in total. The molecule has 1 nitrogen and oxygen atoms in total. The average molecular weight is 250 g/mol. The Morgan fingerprint density at radius 1 is 1.35 bits per heavy atom. The molecule has 0 saturated carbocycles. The largest absolute Gasteiger partial charge is 0.438 e. The van der Waals surface area contributed by atoms with Crippen LogP contribution in [0.2, 0.25) is 38.3 Å². The van der Waals surface area contributed by atoms with Crippen LogP contribution in [0.25, 0.3) is 0 Å². The lowest BCUT2D eigenvalue weighted by molar-refractivity contribution is 0.339. The van der Waals surface area contributed by atoms with Crippen LogP contribution in [0.4, 0.5) is 0 Å². The van der Waals surface area contributed by atoms with E-state index in [1.54, 1.807) is 5.57 Å². The molecule has 2 rings (SSSR count). The van der Waals surface area contributed by atoms with E-state index in [0.29, 0.717) is 6.92 Å². The quantitative estimate of drug-likeness (QED) is 0.533. The molecule has 0 aromatic carbocycles. The summed E-state index contributed by atoms with van der Waals surface area (Å²) in [6.45, 7) is 7.99. The first-order valence-corrected chi connectivity index (χ1v) is 10.9. The normalized spacial score (nSPS) is 29.2. The summed E-state index contributed by atoms with van der Waals surface area (Å²) in [6, 6.07) is 1.46. The lowest BCUT2D eigenvalue weighted by Crippen LogP contribution is -2.32. The molecule has 96 valence electrons. The van der Waals surface area contributed by atoms with E-state index in [9.17, 15) is 0 Å². The van der Waals surface area contributed by atoms with Gasteiger partial charge in [0, 0.05) is 15.2 Å². The zero-order chi connectivity index (χ0) is 12.5. The maximum atomic E-state index is 5.55. The van der Waals surface area contributed by atoms with Gasteiger partial charge in [-0.25, -0.2) is 0 Å². The van der Waals surface area contributed by atoms with Crippen LogP contribution in [0.15, 0.2) is 11.6 Å². The molecular weight excluding hydrogens is 223 g/mol. The fraction of sp³-hybridized carbons (Fsp3) is 0.857. The third-order valence-corrected chi connectivity index (χ3v) is 6.10. The van der Waals surface area contributed by atoms with Gasteiger partial charge in [-0.3, -0.25) is 0 Å². The molecule has 2 atom stereocenters. The van der Waals surface area contributed by atoms with Crippen molar-refractivity contribution in [1.82, 2.24) is 0 Å². The average Bonchev–Trinajstić information content (AvgIpc) is 2.24. The highest BCUT2D eigenvalue weighted by Gasteiger charge is 2.34. The van der Waals surface area contributed by atoms with Crippen molar-refractivity contribution < 1.29 is 4.65 Å². The number of rotatable bonds is 4. The first kappa shape index (κ1) is 13.4. The van der Waals surface area contributed by atoms with Gasteiger partial charge >= 0.3 is 0 Å². The minimum absolute atomic E-state index is 0.536. The highest BCUT2D eigenvalue weighted by molar-refractivity contribution is 6.76. The number of fused-ring (bicyclic) bond motifs is 2. The van der Waals surface area contributed by atoms with Crippen LogP contribution >= 0.6 is 0 Å². The Labute approximate surface area is 108 Å². The van der Waals surface area contributed by atoms with Crippen LogP contribution in [-0.4, -0.2) is 22.1 Å². The molecule has 0 amide bonds. The molecule has 1 fully saturated rings. The molecule has 0 aromatic heterocycles. The van der Waals surface area contributed by atoms with Crippen LogP contribution in [0.5, 0.6) is 0 Å². The molecule has 0 aromatic rings.